The van der Waals surface area contributed by atoms with Crippen LogP contribution in [0.3, 0.4) is 0 Å². The lowest BCUT2D eigenvalue weighted by Gasteiger charge is -2.10. The number of aromatic nitrogens is 2. The predicted octanol–water partition coefficient (Wildman–Crippen LogP) is 2.60. The fourth-order valence-electron chi connectivity index (χ4n) is 2.55. The lowest BCUT2D eigenvalue weighted by Crippen LogP contribution is -2.30. The molecule has 0 aliphatic rings. The molecule has 1 heterocycles. The molecule has 116 valence electrons. The lowest BCUT2D eigenvalue weighted by atomic mass is 10.0. The second kappa shape index (κ2) is 6.89. The van der Waals surface area contributed by atoms with Crippen LogP contribution in [-0.2, 0) is 11.3 Å². The van der Waals surface area contributed by atoms with E-state index in [1.807, 2.05) is 65.2 Å². The smallest absolute Gasteiger partial charge is 0.235 e. The van der Waals surface area contributed by atoms with E-state index in [9.17, 15) is 4.79 Å². The van der Waals surface area contributed by atoms with Gasteiger partial charge in [0, 0.05) is 24.1 Å². The highest BCUT2D eigenvalue weighted by Gasteiger charge is 2.15. The molecule has 0 unspecified atom stereocenters. The summed E-state index contributed by atoms with van der Waals surface area (Å²) in [6, 6.07) is 20.1. The first-order valence-electron chi connectivity index (χ1n) is 7.45. The molecule has 3 rings (SSSR count). The Morgan fingerprint density at radius 2 is 1.61 bits per heavy atom. The molecular weight excluding hydrogens is 288 g/mol. The molecule has 0 spiro atoms. The van der Waals surface area contributed by atoms with Gasteiger partial charge in [0.2, 0.25) is 5.91 Å². The van der Waals surface area contributed by atoms with Crippen molar-refractivity contribution in [3.63, 3.8) is 0 Å². The summed E-state index contributed by atoms with van der Waals surface area (Å²) in [6.45, 7) is 0.521. The summed E-state index contributed by atoms with van der Waals surface area (Å²) in [5.41, 5.74) is 6.19. The number of nitrogens with two attached hydrogens (primary N) is 1. The lowest BCUT2D eigenvalue weighted by molar-refractivity contribution is -0.121. The Bertz CT molecular complexity index is 781. The Hall–Kier alpha value is -2.92. The van der Waals surface area contributed by atoms with E-state index in [1.54, 1.807) is 6.33 Å². The average molecular weight is 306 g/mol. The summed E-state index contributed by atoms with van der Waals surface area (Å²) in [4.78, 5) is 16.0. The zero-order chi connectivity index (χ0) is 16.1. The molecule has 0 aliphatic heterocycles. The summed E-state index contributed by atoms with van der Waals surface area (Å²) in [6.07, 6.45) is 2.08. The third kappa shape index (κ3) is 3.30. The molecule has 0 bridgehead atoms. The van der Waals surface area contributed by atoms with Gasteiger partial charge in [0.1, 0.15) is 0 Å². The number of carbonyl (C=O) groups is 1. The second-order valence-electron chi connectivity index (χ2n) is 5.18. The van der Waals surface area contributed by atoms with E-state index >= 15 is 0 Å². The van der Waals surface area contributed by atoms with E-state index in [0.717, 1.165) is 22.5 Å². The molecule has 0 radical (unpaired) electrons. The zero-order valence-corrected chi connectivity index (χ0v) is 12.6. The van der Waals surface area contributed by atoms with Gasteiger partial charge in [-0.25, -0.2) is 10.8 Å². The molecule has 1 aromatic heterocycles. The zero-order valence-electron chi connectivity index (χ0n) is 12.6. The van der Waals surface area contributed by atoms with Gasteiger partial charge in [-0.1, -0.05) is 60.7 Å². The van der Waals surface area contributed by atoms with E-state index in [0.29, 0.717) is 13.0 Å². The molecule has 0 atom stereocenters. The predicted molar refractivity (Wildman–Crippen MR) is 90.0 cm³/mol. The van der Waals surface area contributed by atoms with Crippen LogP contribution in [0.25, 0.3) is 22.5 Å². The molecule has 23 heavy (non-hydrogen) atoms. The fraction of sp³-hybridized carbons (Fsp3) is 0.111. The van der Waals surface area contributed by atoms with Crippen molar-refractivity contribution < 1.29 is 4.79 Å². The summed E-state index contributed by atoms with van der Waals surface area (Å²) >= 11 is 0. The first-order valence-corrected chi connectivity index (χ1v) is 7.45. The number of rotatable bonds is 5. The minimum atomic E-state index is -0.195. The van der Waals surface area contributed by atoms with Crippen LogP contribution in [0.2, 0.25) is 0 Å². The minimum absolute atomic E-state index is 0.195. The highest BCUT2D eigenvalue weighted by atomic mass is 16.2. The number of amides is 1. The molecule has 5 nitrogen and oxygen atoms in total. The summed E-state index contributed by atoms with van der Waals surface area (Å²) in [5.74, 6) is 4.96. The largest absolute Gasteiger partial charge is 0.330 e. The second-order valence-corrected chi connectivity index (χ2v) is 5.18. The van der Waals surface area contributed by atoms with Crippen molar-refractivity contribution in [1.82, 2.24) is 15.0 Å². The number of nitrogens with one attached hydrogen (secondary N) is 1. The fourth-order valence-corrected chi connectivity index (χ4v) is 2.55. The van der Waals surface area contributed by atoms with Gasteiger partial charge in [-0.15, -0.1) is 0 Å². The Morgan fingerprint density at radius 3 is 2.22 bits per heavy atom. The normalized spacial score (nSPS) is 10.5. The van der Waals surface area contributed by atoms with Gasteiger partial charge in [0.15, 0.2) is 0 Å². The maximum Gasteiger partial charge on any atom is 0.235 e. The number of nitrogens with zero attached hydrogens (tertiary/aromatic N) is 2. The highest BCUT2D eigenvalue weighted by Crippen LogP contribution is 2.31. The Labute approximate surface area is 134 Å². The summed E-state index contributed by atoms with van der Waals surface area (Å²) in [5, 5.41) is 0. The highest BCUT2D eigenvalue weighted by molar-refractivity contribution is 5.79. The molecule has 1 amide bonds. The molecule has 0 saturated carbocycles. The van der Waals surface area contributed by atoms with Crippen LogP contribution in [0, 0.1) is 0 Å². The van der Waals surface area contributed by atoms with Crippen molar-refractivity contribution >= 4 is 5.91 Å². The molecule has 0 fully saturated rings. The Balaban J connectivity index is 2.04. The average Bonchev–Trinajstić information content (AvgIpc) is 3.05. The Morgan fingerprint density at radius 1 is 1.00 bits per heavy atom. The van der Waals surface area contributed by atoms with Crippen LogP contribution >= 0.6 is 0 Å². The summed E-state index contributed by atoms with van der Waals surface area (Å²) < 4.78 is 1.99. The van der Waals surface area contributed by atoms with Crippen molar-refractivity contribution in [1.29, 1.82) is 0 Å². The topological polar surface area (TPSA) is 72.9 Å². The van der Waals surface area contributed by atoms with Crippen molar-refractivity contribution in [2.45, 2.75) is 13.0 Å². The number of aryl methyl sites for hydroxylation is 1. The summed E-state index contributed by atoms with van der Waals surface area (Å²) in [7, 11) is 0. The third-order valence-corrected chi connectivity index (χ3v) is 3.67. The SMILES string of the molecule is NNC(=O)CCn1cnc(-c2ccccc2)c1-c1ccccc1. The van der Waals surface area contributed by atoms with Gasteiger partial charge in [0.25, 0.3) is 0 Å². The first-order chi connectivity index (χ1) is 11.3. The van der Waals surface area contributed by atoms with Gasteiger partial charge in [0.05, 0.1) is 17.7 Å². The third-order valence-electron chi connectivity index (χ3n) is 3.67. The number of hydrogen-bond donors (Lipinski definition) is 2. The van der Waals surface area contributed by atoms with Crippen LogP contribution < -0.4 is 11.3 Å². The Kier molecular flexibility index (Phi) is 4.49. The number of carbonyl (C=O) groups excluding carboxylic acids is 1. The minimum Gasteiger partial charge on any atom is -0.330 e. The van der Waals surface area contributed by atoms with Crippen LogP contribution in [-0.4, -0.2) is 15.5 Å². The van der Waals surface area contributed by atoms with Crippen molar-refractivity contribution in [2.24, 2.45) is 5.84 Å². The molecular formula is C18H18N4O. The van der Waals surface area contributed by atoms with Crippen LogP contribution in [0.4, 0.5) is 0 Å². The number of hydrazine groups is 1. The molecule has 3 N–H and O–H groups in total. The number of imidazole rings is 1. The first kappa shape index (κ1) is 15.0. The van der Waals surface area contributed by atoms with Crippen LogP contribution in [0.15, 0.2) is 67.0 Å². The maximum absolute atomic E-state index is 11.4. The van der Waals surface area contributed by atoms with E-state index in [1.165, 1.54) is 0 Å². The van der Waals surface area contributed by atoms with Crippen molar-refractivity contribution in [3.05, 3.63) is 67.0 Å². The molecule has 2 aromatic carbocycles. The quantitative estimate of drug-likeness (QED) is 0.432. The van der Waals surface area contributed by atoms with Crippen LogP contribution in [0.5, 0.6) is 0 Å². The molecule has 5 heteroatoms. The number of hydrogen-bond acceptors (Lipinski definition) is 3. The van der Waals surface area contributed by atoms with Crippen molar-refractivity contribution in [3.8, 4) is 22.5 Å². The van der Waals surface area contributed by atoms with Gasteiger partial charge in [-0.3, -0.25) is 10.2 Å². The van der Waals surface area contributed by atoms with E-state index < -0.39 is 0 Å². The van der Waals surface area contributed by atoms with Crippen molar-refractivity contribution in [2.75, 3.05) is 0 Å². The standard InChI is InChI=1S/C18H18N4O/c19-21-16(23)11-12-22-13-20-17(14-7-3-1-4-8-14)18(22)15-9-5-2-6-10-15/h1-10,13H,11-12,19H2,(H,21,23). The van der Waals surface area contributed by atoms with Gasteiger partial charge < -0.3 is 4.57 Å². The van der Waals surface area contributed by atoms with Crippen LogP contribution in [0.1, 0.15) is 6.42 Å². The van der Waals surface area contributed by atoms with Gasteiger partial charge >= 0.3 is 0 Å². The van der Waals surface area contributed by atoms with Gasteiger partial charge in [-0.05, 0) is 0 Å². The van der Waals surface area contributed by atoms with E-state index in [2.05, 4.69) is 10.4 Å². The van der Waals surface area contributed by atoms with E-state index in [-0.39, 0.29) is 5.91 Å². The maximum atomic E-state index is 11.4. The van der Waals surface area contributed by atoms with Gasteiger partial charge in [-0.2, -0.15) is 0 Å². The molecule has 0 saturated heterocycles. The molecule has 0 aliphatic carbocycles. The van der Waals surface area contributed by atoms with E-state index in [4.69, 9.17) is 5.84 Å². The molecule has 3 aromatic rings. The monoisotopic (exact) mass is 306 g/mol. The number of benzene rings is 2.